The van der Waals surface area contributed by atoms with E-state index >= 15 is 0 Å². The zero-order valence-electron chi connectivity index (χ0n) is 15.4. The largest absolute Gasteiger partial charge is 0.497 e. The predicted molar refractivity (Wildman–Crippen MR) is 123 cm³/mol. The Morgan fingerprint density at radius 3 is 2.55 bits per heavy atom. The van der Waals surface area contributed by atoms with Gasteiger partial charge < -0.3 is 4.74 Å². The maximum absolute atomic E-state index is 6.10. The lowest BCUT2D eigenvalue weighted by molar-refractivity contribution is 0.414. The molecule has 2 aliphatic heterocycles. The minimum atomic E-state index is -0.126. The monoisotopic (exact) mass is 437 g/mol. The summed E-state index contributed by atoms with van der Waals surface area (Å²) in [4.78, 5) is 8.23. The number of methoxy groups -OCH3 is 1. The van der Waals surface area contributed by atoms with E-state index in [1.807, 2.05) is 60.8 Å². The van der Waals surface area contributed by atoms with Crippen molar-refractivity contribution < 1.29 is 4.74 Å². The molecule has 3 aromatic rings. The fraction of sp³-hybridized carbons (Fsp3) is 0.0909. The van der Waals surface area contributed by atoms with Crippen molar-refractivity contribution in [2.45, 2.75) is 6.04 Å². The van der Waals surface area contributed by atoms with Crippen LogP contribution in [0.5, 0.6) is 5.75 Å². The van der Waals surface area contributed by atoms with E-state index < -0.39 is 0 Å². The Hall–Kier alpha value is -2.67. The third kappa shape index (κ3) is 3.13. The molecule has 29 heavy (non-hydrogen) atoms. The number of nitrogens with zero attached hydrogens (tertiary/aromatic N) is 3. The number of aliphatic imine (C=N–C) groups is 1. The summed E-state index contributed by atoms with van der Waals surface area (Å²) in [5, 5.41) is 0.698. The van der Waals surface area contributed by atoms with Crippen LogP contribution in [0.25, 0.3) is 5.69 Å². The summed E-state index contributed by atoms with van der Waals surface area (Å²) in [5.41, 5.74) is 2.08. The Kier molecular flexibility index (Phi) is 4.62. The standard InChI is InChI=1S/C22H16ClN3OS2/c1-27-17-11-5-14(6-12-17)19-20-21(25-13-3-2-4-18(25)24-19)26(22(28)29-20)16-9-7-15(23)8-10-16/h2-13,19H,1H3. The fourth-order valence-electron chi connectivity index (χ4n) is 3.53. The highest BCUT2D eigenvalue weighted by Gasteiger charge is 2.32. The summed E-state index contributed by atoms with van der Waals surface area (Å²) in [6.45, 7) is 0. The molecule has 0 radical (unpaired) electrons. The second-order valence-electron chi connectivity index (χ2n) is 6.60. The molecule has 1 atom stereocenters. The molecule has 4 nitrogen and oxygen atoms in total. The molecule has 0 fully saturated rings. The van der Waals surface area contributed by atoms with Crippen molar-refractivity contribution in [3.05, 3.63) is 92.4 Å². The number of thiazole rings is 1. The minimum absolute atomic E-state index is 0.126. The number of benzene rings is 2. The number of ether oxygens (including phenoxy) is 1. The smallest absolute Gasteiger partial charge is 0.167 e. The summed E-state index contributed by atoms with van der Waals surface area (Å²) in [6.07, 6.45) is 8.05. The number of aromatic nitrogens is 1. The number of hydrogen-bond acceptors (Lipinski definition) is 5. The van der Waals surface area contributed by atoms with Gasteiger partial charge in [-0.05, 0) is 66.3 Å². The molecule has 0 spiro atoms. The Bertz CT molecular complexity index is 1220. The average Bonchev–Trinajstić information content (AvgIpc) is 3.11. The van der Waals surface area contributed by atoms with Gasteiger partial charge in [0.2, 0.25) is 0 Å². The first kappa shape index (κ1) is 18.4. The Labute approximate surface area is 182 Å². The molecule has 3 heterocycles. The summed E-state index contributed by atoms with van der Waals surface area (Å²) in [6, 6.07) is 15.7. The van der Waals surface area contributed by atoms with Crippen molar-refractivity contribution in [3.8, 4) is 11.4 Å². The SMILES string of the molecule is COc1ccc(C2N=C3C=CC=CN3c3c2sc(=S)n3-c2ccc(Cl)cc2)cc1. The predicted octanol–water partition coefficient (Wildman–Crippen LogP) is 6.32. The van der Waals surface area contributed by atoms with Crippen LogP contribution in [-0.4, -0.2) is 17.5 Å². The van der Waals surface area contributed by atoms with Crippen molar-refractivity contribution in [1.82, 2.24) is 4.57 Å². The zero-order valence-corrected chi connectivity index (χ0v) is 17.8. The first-order chi connectivity index (χ1) is 14.2. The van der Waals surface area contributed by atoms with Crippen LogP contribution in [0.15, 0.2) is 78.0 Å². The van der Waals surface area contributed by atoms with Gasteiger partial charge in [0, 0.05) is 16.9 Å². The van der Waals surface area contributed by atoms with Gasteiger partial charge in [-0.3, -0.25) is 14.5 Å². The average molecular weight is 438 g/mol. The molecule has 0 N–H and O–H groups in total. The van der Waals surface area contributed by atoms with E-state index in [4.69, 9.17) is 33.5 Å². The van der Waals surface area contributed by atoms with Crippen LogP contribution < -0.4 is 9.64 Å². The van der Waals surface area contributed by atoms with Crippen molar-refractivity contribution in [1.29, 1.82) is 0 Å². The molecule has 0 bridgehead atoms. The molecule has 0 saturated heterocycles. The van der Waals surface area contributed by atoms with Gasteiger partial charge in [0.15, 0.2) is 3.95 Å². The third-order valence-electron chi connectivity index (χ3n) is 4.90. The lowest BCUT2D eigenvalue weighted by Crippen LogP contribution is -2.32. The van der Waals surface area contributed by atoms with Crippen LogP contribution in [0, 0.1) is 3.95 Å². The molecule has 5 rings (SSSR count). The van der Waals surface area contributed by atoms with Crippen molar-refractivity contribution >= 4 is 46.8 Å². The minimum Gasteiger partial charge on any atom is -0.497 e. The molecule has 0 aliphatic carbocycles. The summed E-state index contributed by atoms with van der Waals surface area (Å²) >= 11 is 13.5. The molecule has 2 aromatic carbocycles. The van der Waals surface area contributed by atoms with E-state index in [1.165, 1.54) is 0 Å². The zero-order chi connectivity index (χ0) is 20.0. The van der Waals surface area contributed by atoms with Crippen LogP contribution in [0.1, 0.15) is 16.5 Å². The van der Waals surface area contributed by atoms with Crippen LogP contribution in [-0.2, 0) is 0 Å². The van der Waals surface area contributed by atoms with Crippen LogP contribution in [0.4, 0.5) is 5.82 Å². The normalized spacial score (nSPS) is 17.0. The number of anilines is 1. The lowest BCUT2D eigenvalue weighted by Gasteiger charge is -2.31. The molecule has 0 saturated carbocycles. The first-order valence-corrected chi connectivity index (χ1v) is 10.6. The Morgan fingerprint density at radius 2 is 1.83 bits per heavy atom. The van der Waals surface area contributed by atoms with Gasteiger partial charge in [-0.25, -0.2) is 0 Å². The number of allylic oxidation sites excluding steroid dienone is 2. The number of amidine groups is 1. The van der Waals surface area contributed by atoms with E-state index in [0.717, 1.165) is 37.5 Å². The molecule has 1 aromatic heterocycles. The highest BCUT2D eigenvalue weighted by atomic mass is 35.5. The number of fused-ring (bicyclic) bond motifs is 3. The second kappa shape index (κ2) is 7.30. The molecule has 144 valence electrons. The second-order valence-corrected chi connectivity index (χ2v) is 8.71. The molecular weight excluding hydrogens is 422 g/mol. The van der Waals surface area contributed by atoms with Crippen molar-refractivity contribution in [2.75, 3.05) is 12.0 Å². The van der Waals surface area contributed by atoms with Gasteiger partial charge in [-0.15, -0.1) is 11.3 Å². The van der Waals surface area contributed by atoms with E-state index in [0.29, 0.717) is 5.02 Å². The summed E-state index contributed by atoms with van der Waals surface area (Å²) < 4.78 is 8.18. The van der Waals surface area contributed by atoms with E-state index in [-0.39, 0.29) is 6.04 Å². The van der Waals surface area contributed by atoms with Gasteiger partial charge >= 0.3 is 0 Å². The fourth-order valence-corrected chi connectivity index (χ4v) is 5.17. The van der Waals surface area contributed by atoms with Gasteiger partial charge in [0.05, 0.1) is 12.0 Å². The molecule has 0 amide bonds. The highest BCUT2D eigenvalue weighted by Crippen LogP contribution is 2.44. The van der Waals surface area contributed by atoms with E-state index in [1.54, 1.807) is 18.4 Å². The van der Waals surface area contributed by atoms with E-state index in [2.05, 4.69) is 21.6 Å². The molecule has 1 unspecified atom stereocenters. The Balaban J connectivity index is 1.72. The van der Waals surface area contributed by atoms with Gasteiger partial charge in [0.1, 0.15) is 23.4 Å². The number of hydrogen-bond donors (Lipinski definition) is 0. The maximum atomic E-state index is 6.10. The molecule has 7 heteroatoms. The van der Waals surface area contributed by atoms with E-state index in [9.17, 15) is 0 Å². The highest BCUT2D eigenvalue weighted by molar-refractivity contribution is 7.73. The molecule has 2 aliphatic rings. The third-order valence-corrected chi connectivity index (χ3v) is 6.57. The van der Waals surface area contributed by atoms with Crippen molar-refractivity contribution in [2.24, 2.45) is 4.99 Å². The number of rotatable bonds is 3. The van der Waals surface area contributed by atoms with Gasteiger partial charge in [-0.1, -0.05) is 29.8 Å². The van der Waals surface area contributed by atoms with Crippen molar-refractivity contribution in [3.63, 3.8) is 0 Å². The molecular formula is C22H16ClN3OS2. The topological polar surface area (TPSA) is 29.8 Å². The Morgan fingerprint density at radius 1 is 1.07 bits per heavy atom. The van der Waals surface area contributed by atoms with Gasteiger partial charge in [-0.2, -0.15) is 0 Å². The lowest BCUT2D eigenvalue weighted by atomic mass is 10.0. The summed E-state index contributed by atoms with van der Waals surface area (Å²) in [5.74, 6) is 2.73. The van der Waals surface area contributed by atoms with Crippen LogP contribution in [0.3, 0.4) is 0 Å². The quantitative estimate of drug-likeness (QED) is 0.449. The van der Waals surface area contributed by atoms with Crippen LogP contribution >= 0.6 is 35.2 Å². The number of halogens is 1. The van der Waals surface area contributed by atoms with Gasteiger partial charge in [0.25, 0.3) is 0 Å². The maximum Gasteiger partial charge on any atom is 0.167 e. The first-order valence-electron chi connectivity index (χ1n) is 9.03. The summed E-state index contributed by atoms with van der Waals surface area (Å²) in [7, 11) is 1.67. The van der Waals surface area contributed by atoms with Crippen LogP contribution in [0.2, 0.25) is 5.02 Å².